The molecule has 0 spiro atoms. The lowest BCUT2D eigenvalue weighted by Gasteiger charge is -2.27. The second kappa shape index (κ2) is 6.09. The summed E-state index contributed by atoms with van der Waals surface area (Å²) in [5.41, 5.74) is 5.47. The van der Waals surface area contributed by atoms with Crippen LogP contribution < -0.4 is 0 Å². The summed E-state index contributed by atoms with van der Waals surface area (Å²) in [6.45, 7) is 4.77. The van der Waals surface area contributed by atoms with Gasteiger partial charge in [0.15, 0.2) is 5.82 Å². The van der Waals surface area contributed by atoms with Crippen molar-refractivity contribution in [2.75, 3.05) is 6.54 Å². The maximum Gasteiger partial charge on any atom is 0.162 e. The average Bonchev–Trinajstić information content (AvgIpc) is 2.92. The number of aromatic nitrogens is 6. The smallest absolute Gasteiger partial charge is 0.162 e. The topological polar surface area (TPSA) is 72.6 Å². The molecule has 0 radical (unpaired) electrons. The van der Waals surface area contributed by atoms with Crippen LogP contribution in [0.2, 0.25) is 0 Å². The van der Waals surface area contributed by atoms with E-state index in [-0.39, 0.29) is 0 Å². The van der Waals surface area contributed by atoms with Crippen LogP contribution in [0.1, 0.15) is 22.6 Å². The summed E-state index contributed by atoms with van der Waals surface area (Å²) in [6, 6.07) is 2.14. The molecule has 7 heteroatoms. The van der Waals surface area contributed by atoms with E-state index < -0.39 is 0 Å². The lowest BCUT2D eigenvalue weighted by atomic mass is 10.1. The van der Waals surface area contributed by atoms with Crippen LogP contribution in [-0.4, -0.2) is 41.2 Å². The van der Waals surface area contributed by atoms with Crippen molar-refractivity contribution in [3.63, 3.8) is 0 Å². The Morgan fingerprint density at radius 2 is 2.00 bits per heavy atom. The normalized spacial score (nSPS) is 14.6. The number of nitrogens with zero attached hydrogens (tertiary/aromatic N) is 7. The first kappa shape index (κ1) is 14.9. The van der Waals surface area contributed by atoms with Gasteiger partial charge in [-0.1, -0.05) is 0 Å². The Morgan fingerprint density at radius 1 is 1.17 bits per heavy atom. The van der Waals surface area contributed by atoms with E-state index in [0.29, 0.717) is 5.82 Å². The lowest BCUT2D eigenvalue weighted by Crippen LogP contribution is -2.31. The van der Waals surface area contributed by atoms with Gasteiger partial charge in [-0.25, -0.2) is 19.9 Å². The number of rotatable bonds is 3. The van der Waals surface area contributed by atoms with Gasteiger partial charge in [0.25, 0.3) is 0 Å². The zero-order valence-electron chi connectivity index (χ0n) is 13.8. The van der Waals surface area contributed by atoms with Crippen molar-refractivity contribution < 1.29 is 0 Å². The Kier molecular flexibility index (Phi) is 3.78. The van der Waals surface area contributed by atoms with Gasteiger partial charge < -0.3 is 0 Å². The molecular formula is C17H19N7. The molecule has 0 fully saturated rings. The summed E-state index contributed by atoms with van der Waals surface area (Å²) in [7, 11) is 2.00. The van der Waals surface area contributed by atoms with Gasteiger partial charge in [0.1, 0.15) is 6.33 Å². The van der Waals surface area contributed by atoms with Gasteiger partial charge in [0.2, 0.25) is 0 Å². The molecule has 24 heavy (non-hydrogen) atoms. The monoisotopic (exact) mass is 321 g/mol. The van der Waals surface area contributed by atoms with Crippen molar-refractivity contribution in [3.8, 4) is 11.4 Å². The van der Waals surface area contributed by atoms with E-state index in [1.807, 2.05) is 24.9 Å². The van der Waals surface area contributed by atoms with Gasteiger partial charge in [0, 0.05) is 57.3 Å². The van der Waals surface area contributed by atoms with Crippen LogP contribution in [0.15, 0.2) is 31.0 Å². The molecule has 3 aromatic rings. The maximum atomic E-state index is 4.71. The molecule has 122 valence electrons. The average molecular weight is 321 g/mol. The fourth-order valence-corrected chi connectivity index (χ4v) is 3.10. The molecule has 0 saturated heterocycles. The first-order valence-corrected chi connectivity index (χ1v) is 8.01. The molecule has 0 saturated carbocycles. The molecule has 0 amide bonds. The molecule has 3 aromatic heterocycles. The van der Waals surface area contributed by atoms with Gasteiger partial charge in [-0.2, -0.15) is 5.10 Å². The summed E-state index contributed by atoms with van der Waals surface area (Å²) < 4.78 is 1.96. The highest BCUT2D eigenvalue weighted by molar-refractivity contribution is 5.52. The molecule has 0 aliphatic carbocycles. The summed E-state index contributed by atoms with van der Waals surface area (Å²) in [6.07, 6.45) is 7.86. The van der Waals surface area contributed by atoms with Crippen LogP contribution in [0.25, 0.3) is 11.4 Å². The molecule has 4 rings (SSSR count). The largest absolute Gasteiger partial charge is 0.293 e. The molecule has 1 aliphatic heterocycles. The number of hydrogen-bond donors (Lipinski definition) is 0. The van der Waals surface area contributed by atoms with Crippen molar-refractivity contribution in [1.29, 1.82) is 0 Å². The van der Waals surface area contributed by atoms with Crippen LogP contribution in [0.3, 0.4) is 0 Å². The van der Waals surface area contributed by atoms with Gasteiger partial charge >= 0.3 is 0 Å². The van der Waals surface area contributed by atoms with E-state index in [4.69, 9.17) is 4.98 Å². The molecular weight excluding hydrogens is 302 g/mol. The van der Waals surface area contributed by atoms with Crippen LogP contribution in [0, 0.1) is 6.92 Å². The molecule has 4 heterocycles. The van der Waals surface area contributed by atoms with Crippen molar-refractivity contribution >= 4 is 0 Å². The van der Waals surface area contributed by atoms with Crippen molar-refractivity contribution in [3.05, 3.63) is 53.6 Å². The Morgan fingerprint density at radius 3 is 2.75 bits per heavy atom. The Labute approximate surface area is 140 Å². The van der Waals surface area contributed by atoms with Gasteiger partial charge in [-0.3, -0.25) is 9.58 Å². The van der Waals surface area contributed by atoms with Crippen LogP contribution in [0.5, 0.6) is 0 Å². The summed E-state index contributed by atoms with van der Waals surface area (Å²) in [4.78, 5) is 19.7. The minimum absolute atomic E-state index is 0.699. The maximum absolute atomic E-state index is 4.71. The second-order valence-electron chi connectivity index (χ2n) is 6.15. The molecule has 0 unspecified atom stereocenters. The third-order valence-electron chi connectivity index (χ3n) is 4.32. The lowest BCUT2D eigenvalue weighted by molar-refractivity contribution is 0.236. The highest BCUT2D eigenvalue weighted by Gasteiger charge is 2.20. The predicted molar refractivity (Wildman–Crippen MR) is 88.8 cm³/mol. The van der Waals surface area contributed by atoms with E-state index in [1.54, 1.807) is 12.4 Å². The fourth-order valence-electron chi connectivity index (χ4n) is 3.10. The van der Waals surface area contributed by atoms with Crippen LogP contribution in [0.4, 0.5) is 0 Å². The number of hydrogen-bond acceptors (Lipinski definition) is 6. The summed E-state index contributed by atoms with van der Waals surface area (Å²) in [5.74, 6) is 0.699. The predicted octanol–water partition coefficient (Wildman–Crippen LogP) is 1.53. The minimum atomic E-state index is 0.699. The zero-order valence-corrected chi connectivity index (χ0v) is 13.8. The molecule has 0 bridgehead atoms. The van der Waals surface area contributed by atoms with Gasteiger partial charge in [-0.05, 0) is 13.0 Å². The van der Waals surface area contributed by atoms with Crippen molar-refractivity contribution in [1.82, 2.24) is 34.6 Å². The number of fused-ring (bicyclic) bond motifs is 1. The molecule has 0 aromatic carbocycles. The van der Waals surface area contributed by atoms with Gasteiger partial charge in [0.05, 0.1) is 22.6 Å². The van der Waals surface area contributed by atoms with E-state index >= 15 is 0 Å². The molecule has 0 atom stereocenters. The SMILES string of the molecule is Cc1cc(CN2CCc3nc(-c4cncnc4)ncc3C2)n(C)n1. The van der Waals surface area contributed by atoms with Crippen LogP contribution in [-0.2, 0) is 26.6 Å². The van der Waals surface area contributed by atoms with E-state index in [1.165, 1.54) is 17.6 Å². The van der Waals surface area contributed by atoms with Gasteiger partial charge in [-0.15, -0.1) is 0 Å². The molecule has 0 N–H and O–H groups in total. The first-order valence-electron chi connectivity index (χ1n) is 8.01. The van der Waals surface area contributed by atoms with E-state index in [9.17, 15) is 0 Å². The van der Waals surface area contributed by atoms with Crippen LogP contribution >= 0.6 is 0 Å². The Bertz CT molecular complexity index is 857. The van der Waals surface area contributed by atoms with E-state index in [0.717, 1.165) is 43.0 Å². The zero-order chi connectivity index (χ0) is 16.5. The summed E-state index contributed by atoms with van der Waals surface area (Å²) in [5, 5.41) is 4.42. The Hall–Kier alpha value is -2.67. The first-order chi connectivity index (χ1) is 11.7. The highest BCUT2D eigenvalue weighted by Crippen LogP contribution is 2.21. The second-order valence-corrected chi connectivity index (χ2v) is 6.15. The minimum Gasteiger partial charge on any atom is -0.293 e. The molecule has 7 nitrogen and oxygen atoms in total. The third-order valence-corrected chi connectivity index (χ3v) is 4.32. The highest BCUT2D eigenvalue weighted by atomic mass is 15.3. The standard InChI is InChI=1S/C17H19N7/c1-12-5-15(23(2)22-12)10-24-4-3-16-14(9-24)8-20-17(21-16)13-6-18-11-19-7-13/h5-8,11H,3-4,9-10H2,1-2H3. The van der Waals surface area contributed by atoms with E-state index in [2.05, 4.69) is 31.0 Å². The Balaban J connectivity index is 1.53. The summed E-state index contributed by atoms with van der Waals surface area (Å²) >= 11 is 0. The fraction of sp³-hybridized carbons (Fsp3) is 0.353. The van der Waals surface area contributed by atoms with Crippen molar-refractivity contribution in [2.24, 2.45) is 7.05 Å². The quantitative estimate of drug-likeness (QED) is 0.728. The molecule has 1 aliphatic rings. The van der Waals surface area contributed by atoms with Crippen molar-refractivity contribution in [2.45, 2.75) is 26.4 Å². The number of aryl methyl sites for hydroxylation is 2. The third kappa shape index (κ3) is 2.90.